The molecule has 2 amide bonds. The zero-order chi connectivity index (χ0) is 21.1. The highest BCUT2D eigenvalue weighted by molar-refractivity contribution is 6.20. The van der Waals surface area contributed by atoms with Gasteiger partial charge in [-0.1, -0.05) is 23.4 Å². The van der Waals surface area contributed by atoms with Crippen LogP contribution in [0.3, 0.4) is 0 Å². The van der Waals surface area contributed by atoms with Gasteiger partial charge in [0.2, 0.25) is 17.6 Å². The summed E-state index contributed by atoms with van der Waals surface area (Å²) in [5.74, 6) is -0.213. The largest absolute Gasteiger partial charge is 0.496 e. The molecular formula is C21H17N3O6. The Bertz CT molecular complexity index is 1110. The Kier molecular flexibility index (Phi) is 5.25. The van der Waals surface area contributed by atoms with Gasteiger partial charge in [-0.15, -0.1) is 0 Å². The smallest absolute Gasteiger partial charge is 0.338 e. The maximum absolute atomic E-state index is 12.4. The molecule has 0 radical (unpaired) electrons. The van der Waals surface area contributed by atoms with E-state index < -0.39 is 5.97 Å². The van der Waals surface area contributed by atoms with Gasteiger partial charge < -0.3 is 14.0 Å². The fraction of sp³-hybridized carbons (Fsp3) is 0.190. The molecule has 0 N–H and O–H groups in total. The van der Waals surface area contributed by atoms with Crippen LogP contribution in [0.15, 0.2) is 53.1 Å². The number of anilines is 1. The predicted octanol–water partition coefficient (Wildman–Crippen LogP) is 2.76. The van der Waals surface area contributed by atoms with Crippen molar-refractivity contribution in [1.29, 1.82) is 0 Å². The molecule has 1 saturated heterocycles. The third-order valence-electron chi connectivity index (χ3n) is 4.53. The SMILES string of the molecule is COc1ccccc1-c1noc(COC(=O)c2cccc(N3C(=O)CCC3=O)c2)n1. The molecule has 1 aliphatic heterocycles. The number of carbonyl (C=O) groups excluding carboxylic acids is 3. The average Bonchev–Trinajstić information content (AvgIpc) is 3.38. The van der Waals surface area contributed by atoms with E-state index in [0.29, 0.717) is 22.8 Å². The van der Waals surface area contributed by atoms with Gasteiger partial charge in [0.15, 0.2) is 6.61 Å². The summed E-state index contributed by atoms with van der Waals surface area (Å²) in [6, 6.07) is 13.3. The number of para-hydroxylation sites is 1. The molecule has 2 heterocycles. The molecule has 9 nitrogen and oxygen atoms in total. The summed E-state index contributed by atoms with van der Waals surface area (Å²) in [4.78, 5) is 41.5. The Morgan fingerprint density at radius 2 is 1.87 bits per heavy atom. The minimum Gasteiger partial charge on any atom is -0.496 e. The summed E-state index contributed by atoms with van der Waals surface area (Å²) < 4.78 is 15.7. The molecule has 9 heteroatoms. The Balaban J connectivity index is 1.45. The van der Waals surface area contributed by atoms with Crippen molar-refractivity contribution in [2.24, 2.45) is 0 Å². The first-order valence-corrected chi connectivity index (χ1v) is 9.16. The van der Waals surface area contributed by atoms with E-state index in [1.807, 2.05) is 12.1 Å². The zero-order valence-corrected chi connectivity index (χ0v) is 16.0. The molecule has 1 fully saturated rings. The Hall–Kier alpha value is -4.01. The molecule has 0 bridgehead atoms. The first-order chi connectivity index (χ1) is 14.6. The van der Waals surface area contributed by atoms with Gasteiger partial charge in [-0.2, -0.15) is 4.98 Å². The van der Waals surface area contributed by atoms with Gasteiger partial charge in [0, 0.05) is 12.8 Å². The number of ether oxygens (including phenoxy) is 2. The summed E-state index contributed by atoms with van der Waals surface area (Å²) in [7, 11) is 1.54. The van der Waals surface area contributed by atoms with Crippen LogP contribution in [-0.2, 0) is 20.9 Å². The van der Waals surface area contributed by atoms with Crippen LogP contribution in [-0.4, -0.2) is 35.0 Å². The van der Waals surface area contributed by atoms with E-state index in [2.05, 4.69) is 10.1 Å². The van der Waals surface area contributed by atoms with E-state index >= 15 is 0 Å². The monoisotopic (exact) mass is 407 g/mol. The van der Waals surface area contributed by atoms with Crippen LogP contribution in [0.5, 0.6) is 5.75 Å². The first-order valence-electron chi connectivity index (χ1n) is 9.16. The lowest BCUT2D eigenvalue weighted by molar-refractivity contribution is -0.121. The Morgan fingerprint density at radius 1 is 1.10 bits per heavy atom. The number of hydrogen-bond donors (Lipinski definition) is 0. The van der Waals surface area contributed by atoms with Crippen molar-refractivity contribution in [2.45, 2.75) is 19.4 Å². The second-order valence-corrected chi connectivity index (χ2v) is 6.46. The summed E-state index contributed by atoms with van der Waals surface area (Å²) in [6.45, 7) is -0.229. The van der Waals surface area contributed by atoms with Crippen molar-refractivity contribution in [1.82, 2.24) is 10.1 Å². The molecule has 3 aromatic rings. The van der Waals surface area contributed by atoms with Gasteiger partial charge in [-0.05, 0) is 30.3 Å². The Labute approximate surface area is 171 Å². The highest BCUT2D eigenvalue weighted by Gasteiger charge is 2.30. The molecule has 152 valence electrons. The third-order valence-corrected chi connectivity index (χ3v) is 4.53. The molecule has 30 heavy (non-hydrogen) atoms. The van der Waals surface area contributed by atoms with Gasteiger partial charge in [-0.3, -0.25) is 14.5 Å². The summed E-state index contributed by atoms with van der Waals surface area (Å²) in [6.07, 6.45) is 0.332. The molecule has 0 aliphatic carbocycles. The quantitative estimate of drug-likeness (QED) is 0.453. The minimum atomic E-state index is -0.645. The summed E-state index contributed by atoms with van der Waals surface area (Å²) in [5.41, 5.74) is 1.19. The van der Waals surface area contributed by atoms with E-state index in [1.165, 1.54) is 12.1 Å². The second kappa shape index (κ2) is 8.16. The molecule has 4 rings (SSSR count). The topological polar surface area (TPSA) is 112 Å². The summed E-state index contributed by atoms with van der Waals surface area (Å²) >= 11 is 0. The molecule has 0 unspecified atom stereocenters. The maximum Gasteiger partial charge on any atom is 0.338 e. The van der Waals surface area contributed by atoms with Crippen molar-refractivity contribution >= 4 is 23.5 Å². The first kappa shape index (κ1) is 19.3. The number of benzene rings is 2. The number of hydrogen-bond acceptors (Lipinski definition) is 8. The lowest BCUT2D eigenvalue weighted by atomic mass is 10.2. The minimum absolute atomic E-state index is 0.116. The number of methoxy groups -OCH3 is 1. The number of carbonyl (C=O) groups is 3. The van der Waals surface area contributed by atoms with Crippen LogP contribution in [0, 0.1) is 0 Å². The highest BCUT2D eigenvalue weighted by Crippen LogP contribution is 2.27. The number of esters is 1. The van der Waals surface area contributed by atoms with Crippen molar-refractivity contribution in [2.75, 3.05) is 12.0 Å². The van der Waals surface area contributed by atoms with Gasteiger partial charge in [-0.25, -0.2) is 4.79 Å². The van der Waals surface area contributed by atoms with E-state index in [0.717, 1.165) is 4.90 Å². The number of aromatic nitrogens is 2. The van der Waals surface area contributed by atoms with Crippen LogP contribution in [0.1, 0.15) is 29.1 Å². The summed E-state index contributed by atoms with van der Waals surface area (Å²) in [5, 5.41) is 3.89. The lowest BCUT2D eigenvalue weighted by Crippen LogP contribution is -2.28. The molecular weight excluding hydrogens is 390 g/mol. The lowest BCUT2D eigenvalue weighted by Gasteiger charge is -2.14. The van der Waals surface area contributed by atoms with E-state index in [4.69, 9.17) is 14.0 Å². The zero-order valence-electron chi connectivity index (χ0n) is 16.0. The highest BCUT2D eigenvalue weighted by atomic mass is 16.6. The number of amides is 2. The Morgan fingerprint density at radius 3 is 2.63 bits per heavy atom. The maximum atomic E-state index is 12.4. The standard InChI is InChI=1S/C21H17N3O6/c1-28-16-8-3-2-7-15(16)20-22-17(30-23-20)12-29-21(27)13-5-4-6-14(11-13)24-18(25)9-10-19(24)26/h2-8,11H,9-10,12H2,1H3. The van der Waals surface area contributed by atoms with E-state index in [-0.39, 0.29) is 42.7 Å². The van der Waals surface area contributed by atoms with Crippen LogP contribution in [0.2, 0.25) is 0 Å². The van der Waals surface area contributed by atoms with Gasteiger partial charge in [0.1, 0.15) is 5.75 Å². The average molecular weight is 407 g/mol. The van der Waals surface area contributed by atoms with E-state index in [9.17, 15) is 14.4 Å². The molecule has 2 aromatic carbocycles. The van der Waals surface area contributed by atoms with Crippen LogP contribution < -0.4 is 9.64 Å². The molecule has 0 saturated carbocycles. The van der Waals surface area contributed by atoms with Gasteiger partial charge >= 0.3 is 5.97 Å². The predicted molar refractivity (Wildman–Crippen MR) is 104 cm³/mol. The van der Waals surface area contributed by atoms with Gasteiger partial charge in [0.05, 0.1) is 23.9 Å². The molecule has 1 aliphatic rings. The van der Waals surface area contributed by atoms with Crippen molar-refractivity contribution in [3.8, 4) is 17.1 Å². The fourth-order valence-electron chi connectivity index (χ4n) is 3.10. The second-order valence-electron chi connectivity index (χ2n) is 6.46. The van der Waals surface area contributed by atoms with E-state index in [1.54, 1.807) is 31.4 Å². The molecule has 0 atom stereocenters. The fourth-order valence-corrected chi connectivity index (χ4v) is 3.10. The van der Waals surface area contributed by atoms with Crippen molar-refractivity contribution in [3.05, 3.63) is 60.0 Å². The van der Waals surface area contributed by atoms with Crippen LogP contribution in [0.25, 0.3) is 11.4 Å². The van der Waals surface area contributed by atoms with Gasteiger partial charge in [0.25, 0.3) is 5.89 Å². The third kappa shape index (κ3) is 3.77. The number of imide groups is 1. The molecule has 0 spiro atoms. The van der Waals surface area contributed by atoms with Crippen molar-refractivity contribution in [3.63, 3.8) is 0 Å². The van der Waals surface area contributed by atoms with Crippen LogP contribution in [0.4, 0.5) is 5.69 Å². The molecule has 1 aromatic heterocycles. The number of rotatable bonds is 6. The number of nitrogens with zero attached hydrogens (tertiary/aromatic N) is 3. The van der Waals surface area contributed by atoms with Crippen molar-refractivity contribution < 1.29 is 28.4 Å². The normalized spacial score (nSPS) is 13.6. The van der Waals surface area contributed by atoms with Crippen LogP contribution >= 0.6 is 0 Å².